The summed E-state index contributed by atoms with van der Waals surface area (Å²) in [5.41, 5.74) is 1.17. The maximum atomic E-state index is 5.69. The van der Waals surface area contributed by atoms with E-state index in [0.29, 0.717) is 0 Å². The average Bonchev–Trinajstić information content (AvgIpc) is 2.35. The molecule has 0 bridgehead atoms. The van der Waals surface area contributed by atoms with Crippen LogP contribution in [0.4, 0.5) is 0 Å². The Kier molecular flexibility index (Phi) is 5.49. The lowest BCUT2D eigenvalue weighted by Crippen LogP contribution is -2.36. The highest BCUT2D eigenvalue weighted by atomic mass is 16.5. The summed E-state index contributed by atoms with van der Waals surface area (Å²) in [6, 6.07) is 8.29. The highest BCUT2D eigenvalue weighted by Crippen LogP contribution is 2.19. The fourth-order valence-corrected chi connectivity index (χ4v) is 1.67. The summed E-state index contributed by atoms with van der Waals surface area (Å²) in [6.07, 6.45) is 0.189. The molecule has 1 rings (SSSR count). The molecule has 1 atom stereocenters. The highest BCUT2D eigenvalue weighted by molar-refractivity contribution is 5.79. The number of rotatable bonds is 4. The fourth-order valence-electron chi connectivity index (χ4n) is 1.67. The van der Waals surface area contributed by atoms with Crippen LogP contribution in [0.2, 0.25) is 0 Å². The number of hydrogen-bond acceptors (Lipinski definition) is 2. The second kappa shape index (κ2) is 6.89. The van der Waals surface area contributed by atoms with Gasteiger partial charge < -0.3 is 15.4 Å². The monoisotopic (exact) mass is 249 g/mol. The van der Waals surface area contributed by atoms with Gasteiger partial charge in [-0.2, -0.15) is 0 Å². The van der Waals surface area contributed by atoms with Gasteiger partial charge in [-0.1, -0.05) is 12.1 Å². The summed E-state index contributed by atoms with van der Waals surface area (Å²) in [6.45, 7) is 6.14. The van der Waals surface area contributed by atoms with Crippen molar-refractivity contribution in [3.8, 4) is 5.75 Å². The van der Waals surface area contributed by atoms with Crippen LogP contribution < -0.4 is 15.4 Å². The van der Waals surface area contributed by atoms with Crippen LogP contribution >= 0.6 is 0 Å². The van der Waals surface area contributed by atoms with Crippen molar-refractivity contribution in [2.45, 2.75) is 32.9 Å². The van der Waals surface area contributed by atoms with Crippen molar-refractivity contribution in [3.63, 3.8) is 0 Å². The SMILES string of the molecule is CN=C(NC)N[C@H](C)c1cccc(OC(C)C)c1. The van der Waals surface area contributed by atoms with E-state index in [4.69, 9.17) is 4.74 Å². The summed E-state index contributed by atoms with van der Waals surface area (Å²) in [5, 5.41) is 6.30. The summed E-state index contributed by atoms with van der Waals surface area (Å²) < 4.78 is 5.69. The first-order chi connectivity index (χ1) is 8.56. The molecule has 4 heteroatoms. The van der Waals surface area contributed by atoms with Crippen molar-refractivity contribution in [1.82, 2.24) is 10.6 Å². The molecule has 0 aliphatic rings. The van der Waals surface area contributed by atoms with Crippen molar-refractivity contribution in [2.24, 2.45) is 4.99 Å². The Balaban J connectivity index is 2.76. The first-order valence-electron chi connectivity index (χ1n) is 6.24. The second-order valence-corrected chi connectivity index (χ2v) is 4.43. The highest BCUT2D eigenvalue weighted by Gasteiger charge is 2.08. The summed E-state index contributed by atoms with van der Waals surface area (Å²) in [4.78, 5) is 4.11. The first kappa shape index (κ1) is 14.4. The molecule has 0 radical (unpaired) electrons. The van der Waals surface area contributed by atoms with Crippen molar-refractivity contribution in [1.29, 1.82) is 0 Å². The molecule has 0 saturated carbocycles. The summed E-state index contributed by atoms with van der Waals surface area (Å²) in [7, 11) is 3.60. The molecule has 0 amide bonds. The van der Waals surface area contributed by atoms with E-state index in [1.54, 1.807) is 7.05 Å². The lowest BCUT2D eigenvalue weighted by Gasteiger charge is -2.18. The number of aliphatic imine (C=N–C) groups is 1. The maximum absolute atomic E-state index is 5.69. The Morgan fingerprint density at radius 2 is 2.00 bits per heavy atom. The summed E-state index contributed by atoms with van der Waals surface area (Å²) in [5.74, 6) is 1.67. The quantitative estimate of drug-likeness (QED) is 0.636. The van der Waals surface area contributed by atoms with Gasteiger partial charge in [0.1, 0.15) is 5.75 Å². The fraction of sp³-hybridized carbons (Fsp3) is 0.500. The number of nitrogens with zero attached hydrogens (tertiary/aromatic N) is 1. The smallest absolute Gasteiger partial charge is 0.191 e. The first-order valence-corrected chi connectivity index (χ1v) is 6.24. The van der Waals surface area contributed by atoms with Crippen LogP contribution in [-0.2, 0) is 0 Å². The van der Waals surface area contributed by atoms with Crippen LogP contribution in [0.5, 0.6) is 5.75 Å². The lowest BCUT2D eigenvalue weighted by molar-refractivity contribution is 0.242. The minimum Gasteiger partial charge on any atom is -0.491 e. The van der Waals surface area contributed by atoms with Gasteiger partial charge in [0, 0.05) is 14.1 Å². The Morgan fingerprint density at radius 3 is 2.56 bits per heavy atom. The number of benzene rings is 1. The molecule has 2 N–H and O–H groups in total. The average molecular weight is 249 g/mol. The third kappa shape index (κ3) is 4.28. The minimum absolute atomic E-state index is 0.173. The van der Waals surface area contributed by atoms with Crippen molar-refractivity contribution < 1.29 is 4.74 Å². The van der Waals surface area contributed by atoms with E-state index in [0.717, 1.165) is 11.7 Å². The Hall–Kier alpha value is -1.71. The molecule has 0 heterocycles. The molecule has 18 heavy (non-hydrogen) atoms. The minimum atomic E-state index is 0.173. The van der Waals surface area contributed by atoms with E-state index < -0.39 is 0 Å². The van der Waals surface area contributed by atoms with Gasteiger partial charge in [-0.15, -0.1) is 0 Å². The molecule has 1 aromatic rings. The van der Waals surface area contributed by atoms with Gasteiger partial charge in [-0.05, 0) is 38.5 Å². The standard InChI is InChI=1S/C14H23N3O/c1-10(2)18-13-8-6-7-12(9-13)11(3)17-14(15-4)16-5/h6-11H,1-5H3,(H2,15,16,17)/t11-/m1/s1. The molecule has 0 aliphatic carbocycles. The Bertz CT molecular complexity index is 402. The number of hydrogen-bond donors (Lipinski definition) is 2. The van der Waals surface area contributed by atoms with Gasteiger partial charge >= 0.3 is 0 Å². The molecule has 4 nitrogen and oxygen atoms in total. The molecule has 0 unspecified atom stereocenters. The topological polar surface area (TPSA) is 45.7 Å². The second-order valence-electron chi connectivity index (χ2n) is 4.43. The van der Waals surface area contributed by atoms with Crippen LogP contribution in [0.3, 0.4) is 0 Å². The third-order valence-electron chi connectivity index (χ3n) is 2.54. The molecule has 0 saturated heterocycles. The molecule has 100 valence electrons. The zero-order valence-electron chi connectivity index (χ0n) is 11.8. The van der Waals surface area contributed by atoms with E-state index in [-0.39, 0.29) is 12.1 Å². The molecule has 0 aromatic heterocycles. The maximum Gasteiger partial charge on any atom is 0.191 e. The van der Waals surface area contributed by atoms with Gasteiger partial charge in [0.15, 0.2) is 5.96 Å². The summed E-state index contributed by atoms with van der Waals surface area (Å²) >= 11 is 0. The van der Waals surface area contributed by atoms with Crippen LogP contribution in [0, 0.1) is 0 Å². The predicted molar refractivity (Wildman–Crippen MR) is 76.2 cm³/mol. The van der Waals surface area contributed by atoms with Crippen LogP contribution in [0.15, 0.2) is 29.3 Å². The van der Waals surface area contributed by atoms with Crippen LogP contribution in [-0.4, -0.2) is 26.2 Å². The Labute approximate surface area is 109 Å². The van der Waals surface area contributed by atoms with Crippen molar-refractivity contribution in [3.05, 3.63) is 29.8 Å². The number of ether oxygens (including phenoxy) is 1. The molecule has 0 fully saturated rings. The van der Waals surface area contributed by atoms with Gasteiger partial charge in [0.25, 0.3) is 0 Å². The molecular weight excluding hydrogens is 226 g/mol. The number of nitrogens with one attached hydrogen (secondary N) is 2. The molecule has 1 aromatic carbocycles. The molecule has 0 aliphatic heterocycles. The third-order valence-corrected chi connectivity index (χ3v) is 2.54. The predicted octanol–water partition coefficient (Wildman–Crippen LogP) is 2.33. The molecule has 0 spiro atoms. The zero-order chi connectivity index (χ0) is 13.5. The van der Waals surface area contributed by atoms with Crippen molar-refractivity contribution >= 4 is 5.96 Å². The van der Waals surface area contributed by atoms with Crippen LogP contribution in [0.25, 0.3) is 0 Å². The van der Waals surface area contributed by atoms with E-state index in [2.05, 4.69) is 34.7 Å². The number of guanidine groups is 1. The van der Waals surface area contributed by atoms with E-state index in [9.17, 15) is 0 Å². The van der Waals surface area contributed by atoms with E-state index in [1.807, 2.05) is 33.0 Å². The van der Waals surface area contributed by atoms with Gasteiger partial charge in [-0.25, -0.2) is 0 Å². The largest absolute Gasteiger partial charge is 0.491 e. The van der Waals surface area contributed by atoms with Gasteiger partial charge in [0.05, 0.1) is 12.1 Å². The van der Waals surface area contributed by atoms with Gasteiger partial charge in [-0.3, -0.25) is 4.99 Å². The van der Waals surface area contributed by atoms with Gasteiger partial charge in [0.2, 0.25) is 0 Å². The lowest BCUT2D eigenvalue weighted by atomic mass is 10.1. The van der Waals surface area contributed by atoms with E-state index >= 15 is 0 Å². The Morgan fingerprint density at radius 1 is 1.28 bits per heavy atom. The van der Waals surface area contributed by atoms with E-state index in [1.165, 1.54) is 5.56 Å². The van der Waals surface area contributed by atoms with Crippen molar-refractivity contribution in [2.75, 3.05) is 14.1 Å². The van der Waals surface area contributed by atoms with Crippen LogP contribution in [0.1, 0.15) is 32.4 Å². The zero-order valence-corrected chi connectivity index (χ0v) is 11.8. The molecular formula is C14H23N3O. The normalized spacial score (nSPS) is 13.3.